The van der Waals surface area contributed by atoms with Crippen molar-refractivity contribution in [3.63, 3.8) is 0 Å². The summed E-state index contributed by atoms with van der Waals surface area (Å²) in [5, 5.41) is 0. The van der Waals surface area contributed by atoms with Crippen LogP contribution in [0.3, 0.4) is 0 Å². The highest BCUT2D eigenvalue weighted by molar-refractivity contribution is 5.86. The zero-order valence-corrected chi connectivity index (χ0v) is 9.68. The van der Waals surface area contributed by atoms with E-state index in [4.69, 9.17) is 9.47 Å². The first-order chi connectivity index (χ1) is 8.24. The number of rotatable bonds is 4. The normalized spacial score (nSPS) is 18.5. The number of methoxy groups -OCH3 is 1. The van der Waals surface area contributed by atoms with Crippen LogP contribution >= 0.6 is 0 Å². The predicted octanol–water partition coefficient (Wildman–Crippen LogP) is 2.80. The maximum absolute atomic E-state index is 11.3. The molecule has 0 aliphatic carbocycles. The Balaban J connectivity index is 2.23. The van der Waals surface area contributed by atoms with Gasteiger partial charge in [-0.2, -0.15) is 0 Å². The summed E-state index contributed by atoms with van der Waals surface area (Å²) >= 11 is 0. The number of allylic oxidation sites excluding steroid dienone is 1. The Hall–Kier alpha value is -2.03. The van der Waals surface area contributed by atoms with Crippen molar-refractivity contribution in [3.8, 4) is 5.75 Å². The maximum atomic E-state index is 11.3. The molecule has 0 fully saturated rings. The van der Waals surface area contributed by atoms with E-state index in [1.54, 1.807) is 13.2 Å². The SMILES string of the molecule is C=CCC1=CC(=O)OC1c1ccc(OC)cc1. The van der Waals surface area contributed by atoms with Gasteiger partial charge in [0, 0.05) is 6.08 Å². The molecule has 88 valence electrons. The van der Waals surface area contributed by atoms with Gasteiger partial charge in [0.25, 0.3) is 0 Å². The van der Waals surface area contributed by atoms with Gasteiger partial charge in [0.1, 0.15) is 11.9 Å². The molecule has 3 heteroatoms. The first kappa shape index (κ1) is 11.5. The molecular formula is C14H14O3. The van der Waals surface area contributed by atoms with Crippen molar-refractivity contribution in [2.45, 2.75) is 12.5 Å². The van der Waals surface area contributed by atoms with Crippen molar-refractivity contribution in [2.75, 3.05) is 7.11 Å². The third kappa shape index (κ3) is 2.38. The van der Waals surface area contributed by atoms with E-state index < -0.39 is 0 Å². The highest BCUT2D eigenvalue weighted by Crippen LogP contribution is 2.33. The number of esters is 1. The van der Waals surface area contributed by atoms with Crippen molar-refractivity contribution in [1.29, 1.82) is 0 Å². The molecule has 0 bridgehead atoms. The van der Waals surface area contributed by atoms with Gasteiger partial charge in [-0.25, -0.2) is 4.79 Å². The van der Waals surface area contributed by atoms with Crippen LogP contribution in [-0.4, -0.2) is 13.1 Å². The number of hydrogen-bond donors (Lipinski definition) is 0. The Bertz CT molecular complexity index is 457. The predicted molar refractivity (Wildman–Crippen MR) is 64.7 cm³/mol. The zero-order valence-electron chi connectivity index (χ0n) is 9.68. The van der Waals surface area contributed by atoms with E-state index in [2.05, 4.69) is 6.58 Å². The zero-order chi connectivity index (χ0) is 12.3. The molecule has 0 aromatic heterocycles. The van der Waals surface area contributed by atoms with Crippen LogP contribution in [-0.2, 0) is 9.53 Å². The molecule has 1 aliphatic heterocycles. The Labute approximate surface area is 100 Å². The average molecular weight is 230 g/mol. The summed E-state index contributed by atoms with van der Waals surface area (Å²) < 4.78 is 10.4. The lowest BCUT2D eigenvalue weighted by molar-refractivity contribution is -0.139. The van der Waals surface area contributed by atoms with Gasteiger partial charge in [-0.3, -0.25) is 0 Å². The fourth-order valence-electron chi connectivity index (χ4n) is 1.85. The van der Waals surface area contributed by atoms with Crippen LogP contribution in [0, 0.1) is 0 Å². The van der Waals surface area contributed by atoms with Gasteiger partial charge in [0.05, 0.1) is 7.11 Å². The highest BCUT2D eigenvalue weighted by atomic mass is 16.5. The summed E-state index contributed by atoms with van der Waals surface area (Å²) in [7, 11) is 1.62. The Kier molecular flexibility index (Phi) is 3.28. The third-order valence-corrected chi connectivity index (χ3v) is 2.67. The third-order valence-electron chi connectivity index (χ3n) is 2.67. The van der Waals surface area contributed by atoms with Crippen LogP contribution in [0.25, 0.3) is 0 Å². The molecule has 3 nitrogen and oxygen atoms in total. The quantitative estimate of drug-likeness (QED) is 0.589. The summed E-state index contributed by atoms with van der Waals surface area (Å²) in [6, 6.07) is 7.51. The van der Waals surface area contributed by atoms with E-state index in [1.807, 2.05) is 24.3 Å². The number of hydrogen-bond acceptors (Lipinski definition) is 3. The van der Waals surface area contributed by atoms with E-state index in [9.17, 15) is 4.79 Å². The monoisotopic (exact) mass is 230 g/mol. The first-order valence-corrected chi connectivity index (χ1v) is 5.40. The summed E-state index contributed by atoms with van der Waals surface area (Å²) in [6.07, 6.45) is 3.68. The average Bonchev–Trinajstić information content (AvgIpc) is 2.71. The minimum atomic E-state index is -0.289. The summed E-state index contributed by atoms with van der Waals surface area (Å²) in [5.74, 6) is 0.495. The second kappa shape index (κ2) is 4.87. The topological polar surface area (TPSA) is 35.5 Å². The Morgan fingerprint density at radius 3 is 2.71 bits per heavy atom. The van der Waals surface area contributed by atoms with Gasteiger partial charge in [-0.1, -0.05) is 18.2 Å². The molecule has 1 aliphatic rings. The van der Waals surface area contributed by atoms with E-state index in [0.29, 0.717) is 6.42 Å². The van der Waals surface area contributed by atoms with E-state index in [0.717, 1.165) is 16.9 Å². The molecule has 1 aromatic rings. The number of benzene rings is 1. The van der Waals surface area contributed by atoms with Crippen LogP contribution in [0.15, 0.2) is 48.6 Å². The summed E-state index contributed by atoms with van der Waals surface area (Å²) in [5.41, 5.74) is 1.89. The van der Waals surface area contributed by atoms with Gasteiger partial charge in [0.2, 0.25) is 0 Å². The molecule has 0 saturated heterocycles. The van der Waals surface area contributed by atoms with Crippen LogP contribution < -0.4 is 4.74 Å². The standard InChI is InChI=1S/C14H14O3/c1-3-4-11-9-13(15)17-14(11)10-5-7-12(16-2)8-6-10/h3,5-9,14H,1,4H2,2H3. The van der Waals surface area contributed by atoms with Gasteiger partial charge in [-0.05, 0) is 29.7 Å². The molecule has 0 amide bonds. The van der Waals surface area contributed by atoms with Gasteiger partial charge in [-0.15, -0.1) is 6.58 Å². The first-order valence-electron chi connectivity index (χ1n) is 5.40. The number of carbonyl (C=O) groups is 1. The van der Waals surface area contributed by atoms with Crippen LogP contribution in [0.5, 0.6) is 5.75 Å². The maximum Gasteiger partial charge on any atom is 0.331 e. The number of carbonyl (C=O) groups excluding carboxylic acids is 1. The molecule has 1 unspecified atom stereocenters. The Morgan fingerprint density at radius 1 is 1.41 bits per heavy atom. The van der Waals surface area contributed by atoms with Crippen LogP contribution in [0.4, 0.5) is 0 Å². The second-order valence-electron chi connectivity index (χ2n) is 3.80. The van der Waals surface area contributed by atoms with Gasteiger partial charge < -0.3 is 9.47 Å². The van der Waals surface area contributed by atoms with Crippen LogP contribution in [0.2, 0.25) is 0 Å². The van der Waals surface area contributed by atoms with E-state index in [1.165, 1.54) is 6.08 Å². The van der Waals surface area contributed by atoms with E-state index in [-0.39, 0.29) is 12.1 Å². The van der Waals surface area contributed by atoms with Crippen molar-refractivity contribution in [3.05, 3.63) is 54.1 Å². The molecule has 0 spiro atoms. The lowest BCUT2D eigenvalue weighted by Crippen LogP contribution is -2.03. The van der Waals surface area contributed by atoms with E-state index >= 15 is 0 Å². The summed E-state index contributed by atoms with van der Waals surface area (Å²) in [6.45, 7) is 3.68. The second-order valence-corrected chi connectivity index (χ2v) is 3.80. The van der Waals surface area contributed by atoms with Crippen LogP contribution in [0.1, 0.15) is 18.1 Å². The number of ether oxygens (including phenoxy) is 2. The van der Waals surface area contributed by atoms with Crippen molar-refractivity contribution < 1.29 is 14.3 Å². The summed E-state index contributed by atoms with van der Waals surface area (Å²) in [4.78, 5) is 11.3. The molecule has 0 radical (unpaired) electrons. The molecule has 17 heavy (non-hydrogen) atoms. The largest absolute Gasteiger partial charge is 0.497 e. The smallest absolute Gasteiger partial charge is 0.331 e. The molecule has 0 saturated carbocycles. The molecule has 2 rings (SSSR count). The lowest BCUT2D eigenvalue weighted by Gasteiger charge is -2.14. The van der Waals surface area contributed by atoms with Gasteiger partial charge >= 0.3 is 5.97 Å². The number of cyclic esters (lactones) is 1. The molecule has 1 aromatic carbocycles. The minimum Gasteiger partial charge on any atom is -0.497 e. The lowest BCUT2D eigenvalue weighted by atomic mass is 10.00. The molecule has 1 atom stereocenters. The fourth-order valence-corrected chi connectivity index (χ4v) is 1.85. The van der Waals surface area contributed by atoms with Gasteiger partial charge in [0.15, 0.2) is 0 Å². The van der Waals surface area contributed by atoms with Crippen molar-refractivity contribution in [2.24, 2.45) is 0 Å². The minimum absolute atomic E-state index is 0.286. The van der Waals surface area contributed by atoms with Crippen molar-refractivity contribution in [1.82, 2.24) is 0 Å². The van der Waals surface area contributed by atoms with Crippen molar-refractivity contribution >= 4 is 5.97 Å². The molecule has 1 heterocycles. The molecular weight excluding hydrogens is 216 g/mol. The highest BCUT2D eigenvalue weighted by Gasteiger charge is 2.26. The fraction of sp³-hybridized carbons (Fsp3) is 0.214. The Morgan fingerprint density at radius 2 is 2.12 bits per heavy atom. The molecule has 0 N–H and O–H groups in total.